The Labute approximate surface area is 179 Å². The zero-order chi connectivity index (χ0) is 19.5. The Morgan fingerprint density at radius 1 is 1.21 bits per heavy atom. The molecule has 1 amide bonds. The van der Waals surface area contributed by atoms with E-state index in [0.29, 0.717) is 18.8 Å². The van der Waals surface area contributed by atoms with E-state index in [9.17, 15) is 9.59 Å². The van der Waals surface area contributed by atoms with E-state index in [-0.39, 0.29) is 24.9 Å². The van der Waals surface area contributed by atoms with E-state index in [2.05, 4.69) is 5.32 Å². The van der Waals surface area contributed by atoms with Gasteiger partial charge in [0.05, 0.1) is 6.04 Å². The molecule has 2 rings (SSSR count). The summed E-state index contributed by atoms with van der Waals surface area (Å²) < 4.78 is 5.41. The van der Waals surface area contributed by atoms with E-state index >= 15 is 0 Å². The quantitative estimate of drug-likeness (QED) is 0.555. The first-order valence-electron chi connectivity index (χ1n) is 9.85. The van der Waals surface area contributed by atoms with Gasteiger partial charge in [-0.25, -0.2) is 4.79 Å². The second kappa shape index (κ2) is 13.9. The molecule has 0 aromatic heterocycles. The van der Waals surface area contributed by atoms with Crippen molar-refractivity contribution in [2.45, 2.75) is 63.6 Å². The molecule has 1 aliphatic rings. The Balaban J connectivity index is 0.00000392. The molecule has 1 aromatic carbocycles. The van der Waals surface area contributed by atoms with Crippen LogP contribution in [0.2, 0.25) is 0 Å². The minimum absolute atomic E-state index is 0. The highest BCUT2D eigenvalue weighted by atomic mass is 35.5. The summed E-state index contributed by atoms with van der Waals surface area (Å²) in [5.41, 5.74) is 7.05. The van der Waals surface area contributed by atoms with Crippen molar-refractivity contribution in [3.05, 3.63) is 35.9 Å². The van der Waals surface area contributed by atoms with Crippen LogP contribution in [-0.4, -0.2) is 36.0 Å². The van der Waals surface area contributed by atoms with E-state index in [1.165, 1.54) is 19.3 Å². The number of halogens is 1. The molecule has 158 valence electrons. The van der Waals surface area contributed by atoms with Crippen LogP contribution < -0.4 is 11.1 Å². The molecule has 5 nitrogen and oxygen atoms in total. The summed E-state index contributed by atoms with van der Waals surface area (Å²) in [5, 5.41) is 2.83. The van der Waals surface area contributed by atoms with Crippen molar-refractivity contribution in [1.29, 1.82) is 0 Å². The smallest absolute Gasteiger partial charge is 0.329 e. The molecule has 0 heterocycles. The van der Waals surface area contributed by atoms with Gasteiger partial charge in [0.15, 0.2) is 0 Å². The Morgan fingerprint density at radius 2 is 1.89 bits per heavy atom. The monoisotopic (exact) mass is 428 g/mol. The molecule has 7 heteroatoms. The van der Waals surface area contributed by atoms with Gasteiger partial charge in [-0.2, -0.15) is 11.8 Å². The van der Waals surface area contributed by atoms with Crippen LogP contribution in [0.15, 0.2) is 30.3 Å². The molecule has 3 N–H and O–H groups in total. The lowest BCUT2D eigenvalue weighted by Gasteiger charge is -2.25. The van der Waals surface area contributed by atoms with Crippen molar-refractivity contribution in [3.8, 4) is 0 Å². The molecular formula is C21H33ClN2O3S. The number of nitrogens with two attached hydrogens (primary N) is 1. The number of esters is 1. The van der Waals surface area contributed by atoms with Crippen LogP contribution in [0, 0.1) is 5.92 Å². The number of carbonyl (C=O) groups excluding carboxylic acids is 2. The van der Waals surface area contributed by atoms with Gasteiger partial charge in [0.1, 0.15) is 12.6 Å². The molecule has 0 aliphatic heterocycles. The van der Waals surface area contributed by atoms with Gasteiger partial charge >= 0.3 is 5.97 Å². The van der Waals surface area contributed by atoms with Gasteiger partial charge in [-0.05, 0) is 36.3 Å². The molecule has 0 bridgehead atoms. The largest absolute Gasteiger partial charge is 0.459 e. The number of carbonyl (C=O) groups is 2. The van der Waals surface area contributed by atoms with Crippen molar-refractivity contribution in [1.82, 2.24) is 5.32 Å². The summed E-state index contributed by atoms with van der Waals surface area (Å²) in [6.45, 7) is 0.208. The number of ether oxygens (including phenoxy) is 1. The molecule has 0 radical (unpaired) electrons. The molecule has 0 unspecified atom stereocenters. The zero-order valence-corrected chi connectivity index (χ0v) is 18.2. The lowest BCUT2D eigenvalue weighted by atomic mass is 9.85. The minimum Gasteiger partial charge on any atom is -0.459 e. The first-order valence-corrected chi connectivity index (χ1v) is 11.2. The molecule has 1 fully saturated rings. The number of nitrogens with one attached hydrogen (secondary N) is 1. The lowest BCUT2D eigenvalue weighted by Crippen LogP contribution is -2.49. The fourth-order valence-corrected chi connectivity index (χ4v) is 3.95. The van der Waals surface area contributed by atoms with Crippen LogP contribution in [0.3, 0.4) is 0 Å². The maximum Gasteiger partial charge on any atom is 0.329 e. The zero-order valence-electron chi connectivity index (χ0n) is 16.6. The molecule has 1 aromatic rings. The topological polar surface area (TPSA) is 81.4 Å². The molecule has 2 atom stereocenters. The number of amides is 1. The van der Waals surface area contributed by atoms with Crippen LogP contribution in [0.4, 0.5) is 0 Å². The van der Waals surface area contributed by atoms with E-state index < -0.39 is 18.1 Å². The highest BCUT2D eigenvalue weighted by Gasteiger charge is 2.26. The summed E-state index contributed by atoms with van der Waals surface area (Å²) in [5.74, 6) is 0.645. The second-order valence-electron chi connectivity index (χ2n) is 7.28. The molecule has 0 saturated heterocycles. The van der Waals surface area contributed by atoms with Crippen LogP contribution in [0.5, 0.6) is 0 Å². The number of hydrogen-bond acceptors (Lipinski definition) is 5. The SMILES string of the molecule is CSCC[C@H](NC(=O)[C@@H](N)CC1CCCCC1)C(=O)OCc1ccccc1.Cl. The second-order valence-corrected chi connectivity index (χ2v) is 8.27. The van der Waals surface area contributed by atoms with Crippen LogP contribution in [0.1, 0.15) is 50.5 Å². The van der Waals surface area contributed by atoms with Crippen molar-refractivity contribution in [2.24, 2.45) is 11.7 Å². The number of hydrogen-bond donors (Lipinski definition) is 2. The predicted molar refractivity (Wildman–Crippen MR) is 118 cm³/mol. The lowest BCUT2D eigenvalue weighted by molar-refractivity contribution is -0.149. The summed E-state index contributed by atoms with van der Waals surface area (Å²) in [7, 11) is 0. The number of rotatable bonds is 10. The standard InChI is InChI=1S/C21H32N2O3S.ClH/c1-27-13-12-19(21(25)26-15-17-10-6-3-7-11-17)23-20(24)18(22)14-16-8-4-2-5-9-16;/h3,6-7,10-11,16,18-19H,2,4-5,8-9,12-15,22H2,1H3,(H,23,24);1H/t18-,19-;/m0./s1. The first-order chi connectivity index (χ1) is 13.1. The minimum atomic E-state index is -0.647. The number of thioether (sulfide) groups is 1. The third-order valence-corrected chi connectivity index (χ3v) is 5.73. The fourth-order valence-electron chi connectivity index (χ4n) is 3.48. The molecule has 28 heavy (non-hydrogen) atoms. The number of benzene rings is 1. The van der Waals surface area contributed by atoms with Crippen LogP contribution >= 0.6 is 24.2 Å². The van der Waals surface area contributed by atoms with E-state index in [4.69, 9.17) is 10.5 Å². The summed E-state index contributed by atoms with van der Waals surface area (Å²) in [6.07, 6.45) is 9.23. The molecule has 1 saturated carbocycles. The van der Waals surface area contributed by atoms with Gasteiger partial charge in [-0.3, -0.25) is 4.79 Å². The third-order valence-electron chi connectivity index (χ3n) is 5.08. The van der Waals surface area contributed by atoms with Crippen LogP contribution in [-0.2, 0) is 20.9 Å². The summed E-state index contributed by atoms with van der Waals surface area (Å²) in [4.78, 5) is 25.0. The van der Waals surface area contributed by atoms with Crippen LogP contribution in [0.25, 0.3) is 0 Å². The van der Waals surface area contributed by atoms with E-state index in [1.807, 2.05) is 36.6 Å². The van der Waals surface area contributed by atoms with Crippen molar-refractivity contribution >= 4 is 36.0 Å². The Hall–Kier alpha value is -1.24. The average molecular weight is 429 g/mol. The normalized spacial score (nSPS) is 16.5. The van der Waals surface area contributed by atoms with Crippen molar-refractivity contribution in [3.63, 3.8) is 0 Å². The predicted octanol–water partition coefficient (Wildman–Crippen LogP) is 3.69. The average Bonchev–Trinajstić information content (AvgIpc) is 2.70. The highest BCUT2D eigenvalue weighted by Crippen LogP contribution is 2.27. The molecule has 1 aliphatic carbocycles. The first kappa shape index (κ1) is 24.8. The van der Waals surface area contributed by atoms with Gasteiger partial charge in [0.2, 0.25) is 5.91 Å². The van der Waals surface area contributed by atoms with Gasteiger partial charge in [0.25, 0.3) is 0 Å². The Kier molecular flexibility index (Phi) is 12.3. The maximum atomic E-state index is 12.5. The fraction of sp³-hybridized carbons (Fsp3) is 0.619. The summed E-state index contributed by atoms with van der Waals surface area (Å²) in [6, 6.07) is 8.32. The van der Waals surface area contributed by atoms with Crippen molar-refractivity contribution < 1.29 is 14.3 Å². The Bertz CT molecular complexity index is 582. The van der Waals surface area contributed by atoms with Crippen molar-refractivity contribution in [2.75, 3.05) is 12.0 Å². The summed E-state index contributed by atoms with van der Waals surface area (Å²) >= 11 is 1.64. The highest BCUT2D eigenvalue weighted by molar-refractivity contribution is 7.98. The van der Waals surface area contributed by atoms with E-state index in [1.54, 1.807) is 11.8 Å². The van der Waals surface area contributed by atoms with E-state index in [0.717, 1.165) is 24.2 Å². The van der Waals surface area contributed by atoms with Gasteiger partial charge < -0.3 is 15.8 Å². The molecule has 0 spiro atoms. The van der Waals surface area contributed by atoms with Gasteiger partial charge in [0, 0.05) is 0 Å². The Morgan fingerprint density at radius 3 is 2.54 bits per heavy atom. The third kappa shape index (κ3) is 8.84. The maximum absolute atomic E-state index is 12.5. The molecular weight excluding hydrogens is 396 g/mol. The van der Waals surface area contributed by atoms with Gasteiger partial charge in [-0.1, -0.05) is 62.4 Å². The van der Waals surface area contributed by atoms with Gasteiger partial charge in [-0.15, -0.1) is 12.4 Å².